The van der Waals surface area contributed by atoms with Crippen LogP contribution in [0, 0.1) is 5.92 Å². The van der Waals surface area contributed by atoms with Crippen molar-refractivity contribution in [1.29, 1.82) is 0 Å². The first-order chi connectivity index (χ1) is 8.41. The summed E-state index contributed by atoms with van der Waals surface area (Å²) in [6.07, 6.45) is 4.89. The van der Waals surface area contributed by atoms with Crippen LogP contribution in [0.1, 0.15) is 46.0 Å². The van der Waals surface area contributed by atoms with Gasteiger partial charge in [0.1, 0.15) is 0 Å². The number of ether oxygens (including phenoxy) is 3. The van der Waals surface area contributed by atoms with Gasteiger partial charge >= 0.3 is 17.9 Å². The Kier molecular flexibility index (Phi) is 5.55. The van der Waals surface area contributed by atoms with Gasteiger partial charge in [-0.2, -0.15) is 0 Å². The zero-order valence-electron chi connectivity index (χ0n) is 10.8. The molecule has 0 aromatic carbocycles. The number of esters is 2. The van der Waals surface area contributed by atoms with Crippen LogP contribution in [0.4, 0.5) is 0 Å². The monoisotopic (exact) mass is 260 g/mol. The highest BCUT2D eigenvalue weighted by Gasteiger charge is 2.27. The number of hydrogen-bond acceptors (Lipinski definition) is 6. The van der Waals surface area contributed by atoms with Gasteiger partial charge in [-0.1, -0.05) is 19.3 Å². The second-order valence-corrected chi connectivity index (χ2v) is 4.55. The number of aliphatic hydroxyl groups is 1. The van der Waals surface area contributed by atoms with Gasteiger partial charge in [-0.15, -0.1) is 0 Å². The predicted octanol–water partition coefficient (Wildman–Crippen LogP) is 1.31. The highest BCUT2D eigenvalue weighted by molar-refractivity contribution is 5.72. The summed E-state index contributed by atoms with van der Waals surface area (Å²) in [6.45, 7) is 1.87. The van der Waals surface area contributed by atoms with E-state index in [1.165, 1.54) is 0 Å². The summed E-state index contributed by atoms with van der Waals surface area (Å²) in [5, 5.41) is 9.45. The maximum atomic E-state index is 11.6. The van der Waals surface area contributed by atoms with Crippen LogP contribution in [0.25, 0.3) is 0 Å². The van der Waals surface area contributed by atoms with E-state index in [9.17, 15) is 14.7 Å². The molecule has 18 heavy (non-hydrogen) atoms. The number of carbonyl (C=O) groups excluding carboxylic acids is 2. The fourth-order valence-corrected chi connectivity index (χ4v) is 1.95. The van der Waals surface area contributed by atoms with Crippen molar-refractivity contribution in [2.75, 3.05) is 6.79 Å². The highest BCUT2D eigenvalue weighted by Crippen LogP contribution is 2.24. The highest BCUT2D eigenvalue weighted by atomic mass is 16.9. The maximum absolute atomic E-state index is 11.6. The van der Waals surface area contributed by atoms with Gasteiger partial charge in [-0.05, 0) is 12.8 Å². The summed E-state index contributed by atoms with van der Waals surface area (Å²) in [5.41, 5.74) is 0. The number of carbonyl (C=O) groups is 2. The average Bonchev–Trinajstić information content (AvgIpc) is 2.28. The predicted molar refractivity (Wildman–Crippen MR) is 61.0 cm³/mol. The molecular weight excluding hydrogens is 240 g/mol. The van der Waals surface area contributed by atoms with E-state index in [-0.39, 0.29) is 11.9 Å². The first kappa shape index (κ1) is 14.9. The molecule has 0 saturated heterocycles. The van der Waals surface area contributed by atoms with Crippen LogP contribution in [0.5, 0.6) is 0 Å². The van der Waals surface area contributed by atoms with Crippen LogP contribution >= 0.6 is 0 Å². The summed E-state index contributed by atoms with van der Waals surface area (Å²) in [7, 11) is 0. The molecule has 0 spiro atoms. The van der Waals surface area contributed by atoms with Crippen molar-refractivity contribution in [3.05, 3.63) is 0 Å². The molecule has 1 unspecified atom stereocenters. The molecule has 6 heteroatoms. The summed E-state index contributed by atoms with van der Waals surface area (Å²) < 4.78 is 14.1. The SMILES string of the molecule is CC(=O)OC(C)(O)OCOC(=O)C1CCCCC1. The molecular formula is C12H20O6. The maximum Gasteiger partial charge on any atom is 0.326 e. The third kappa shape index (κ3) is 5.46. The van der Waals surface area contributed by atoms with Gasteiger partial charge in [0, 0.05) is 13.8 Å². The van der Waals surface area contributed by atoms with Crippen LogP contribution in [0.3, 0.4) is 0 Å². The third-order valence-corrected chi connectivity index (χ3v) is 2.80. The number of rotatable bonds is 5. The first-order valence-corrected chi connectivity index (χ1v) is 6.13. The van der Waals surface area contributed by atoms with E-state index in [0.717, 1.165) is 46.0 Å². The molecule has 6 nitrogen and oxygen atoms in total. The molecule has 0 heterocycles. The Hall–Kier alpha value is -1.14. The smallest absolute Gasteiger partial charge is 0.326 e. The Morgan fingerprint density at radius 1 is 1.28 bits per heavy atom. The summed E-state index contributed by atoms with van der Waals surface area (Å²) >= 11 is 0. The lowest BCUT2D eigenvalue weighted by molar-refractivity contribution is -0.348. The molecule has 0 aromatic heterocycles. The lowest BCUT2D eigenvalue weighted by Crippen LogP contribution is -2.35. The van der Waals surface area contributed by atoms with Crippen molar-refractivity contribution in [1.82, 2.24) is 0 Å². The zero-order chi connectivity index (χ0) is 13.6. The van der Waals surface area contributed by atoms with Crippen molar-refractivity contribution in [3.8, 4) is 0 Å². The van der Waals surface area contributed by atoms with Crippen LogP contribution in [0.15, 0.2) is 0 Å². The van der Waals surface area contributed by atoms with Crippen molar-refractivity contribution >= 4 is 11.9 Å². The van der Waals surface area contributed by atoms with Crippen LogP contribution in [0.2, 0.25) is 0 Å². The van der Waals surface area contributed by atoms with Crippen molar-refractivity contribution < 1.29 is 28.9 Å². The van der Waals surface area contributed by atoms with Crippen molar-refractivity contribution in [3.63, 3.8) is 0 Å². The van der Waals surface area contributed by atoms with E-state index in [0.29, 0.717) is 0 Å². The Morgan fingerprint density at radius 3 is 2.44 bits per heavy atom. The Labute approximate surface area is 106 Å². The van der Waals surface area contributed by atoms with Crippen LogP contribution in [-0.4, -0.2) is 29.8 Å². The molecule has 1 aliphatic rings. The average molecular weight is 260 g/mol. The van der Waals surface area contributed by atoms with Gasteiger partial charge in [0.2, 0.25) is 0 Å². The quantitative estimate of drug-likeness (QED) is 0.593. The van der Waals surface area contributed by atoms with E-state index < -0.39 is 18.7 Å². The van der Waals surface area contributed by atoms with E-state index >= 15 is 0 Å². The Bertz CT molecular complexity index is 293. The van der Waals surface area contributed by atoms with Crippen LogP contribution < -0.4 is 0 Å². The third-order valence-electron chi connectivity index (χ3n) is 2.80. The lowest BCUT2D eigenvalue weighted by atomic mass is 9.89. The van der Waals surface area contributed by atoms with Crippen molar-refractivity contribution in [2.24, 2.45) is 5.92 Å². The van der Waals surface area contributed by atoms with Gasteiger partial charge in [-0.25, -0.2) is 0 Å². The normalized spacial score (nSPS) is 19.9. The molecule has 0 radical (unpaired) electrons. The minimum atomic E-state index is -2.07. The fourth-order valence-electron chi connectivity index (χ4n) is 1.95. The Balaban J connectivity index is 2.23. The second kappa shape index (κ2) is 6.70. The molecule has 1 saturated carbocycles. The van der Waals surface area contributed by atoms with Gasteiger partial charge in [0.15, 0.2) is 6.79 Å². The molecule has 1 atom stereocenters. The summed E-state index contributed by atoms with van der Waals surface area (Å²) in [6, 6.07) is 0. The summed E-state index contributed by atoms with van der Waals surface area (Å²) in [4.78, 5) is 22.2. The second-order valence-electron chi connectivity index (χ2n) is 4.55. The molecule has 1 fully saturated rings. The minimum absolute atomic E-state index is 0.0824. The molecule has 0 aliphatic heterocycles. The standard InChI is InChI=1S/C12H20O6/c1-9(13)18-12(2,15)17-8-16-11(14)10-6-4-3-5-7-10/h10,15H,3-8H2,1-2H3. The Morgan fingerprint density at radius 2 is 1.89 bits per heavy atom. The summed E-state index contributed by atoms with van der Waals surface area (Å²) in [5.74, 6) is -3.16. The molecule has 1 aliphatic carbocycles. The lowest BCUT2D eigenvalue weighted by Gasteiger charge is -2.24. The van der Waals surface area contributed by atoms with E-state index in [1.807, 2.05) is 0 Å². The van der Waals surface area contributed by atoms with Crippen LogP contribution in [-0.2, 0) is 23.8 Å². The molecule has 0 bridgehead atoms. The largest absolute Gasteiger partial charge is 0.438 e. The van der Waals surface area contributed by atoms with E-state index in [2.05, 4.69) is 4.74 Å². The number of hydrogen-bond donors (Lipinski definition) is 1. The molecule has 0 aromatic rings. The van der Waals surface area contributed by atoms with Gasteiger partial charge < -0.3 is 14.6 Å². The molecule has 1 N–H and O–H groups in total. The van der Waals surface area contributed by atoms with Gasteiger partial charge in [0.25, 0.3) is 0 Å². The molecule has 0 amide bonds. The fraction of sp³-hybridized carbons (Fsp3) is 0.833. The van der Waals surface area contributed by atoms with Gasteiger partial charge in [-0.3, -0.25) is 14.3 Å². The molecule has 1 rings (SSSR count). The van der Waals surface area contributed by atoms with Gasteiger partial charge in [0.05, 0.1) is 5.92 Å². The van der Waals surface area contributed by atoms with E-state index in [4.69, 9.17) is 9.47 Å². The van der Waals surface area contributed by atoms with E-state index in [1.54, 1.807) is 0 Å². The topological polar surface area (TPSA) is 82.1 Å². The minimum Gasteiger partial charge on any atom is -0.438 e. The first-order valence-electron chi connectivity index (χ1n) is 6.13. The molecule has 104 valence electrons. The van der Waals surface area contributed by atoms with Crippen molar-refractivity contribution in [2.45, 2.75) is 51.9 Å². The zero-order valence-corrected chi connectivity index (χ0v) is 10.8.